The molecule has 2 heterocycles. The molecule has 0 aliphatic heterocycles. The van der Waals surface area contributed by atoms with Crippen molar-refractivity contribution in [3.8, 4) is 0 Å². The second kappa shape index (κ2) is 6.01. The van der Waals surface area contributed by atoms with Gasteiger partial charge in [-0.05, 0) is 32.9 Å². The van der Waals surface area contributed by atoms with Crippen molar-refractivity contribution in [3.63, 3.8) is 0 Å². The summed E-state index contributed by atoms with van der Waals surface area (Å²) in [6, 6.07) is 9.22. The van der Waals surface area contributed by atoms with Crippen molar-refractivity contribution < 1.29 is 18.7 Å². The number of benzene rings is 1. The maximum atomic E-state index is 12.2. The Kier molecular flexibility index (Phi) is 4.05. The highest BCUT2D eigenvalue weighted by Gasteiger charge is 2.21. The van der Waals surface area contributed by atoms with Crippen LogP contribution in [0.5, 0.6) is 0 Å². The molecule has 3 rings (SSSR count). The summed E-state index contributed by atoms with van der Waals surface area (Å²) in [4.78, 5) is 26.4. The van der Waals surface area contributed by atoms with Crippen molar-refractivity contribution in [2.45, 2.75) is 20.8 Å². The summed E-state index contributed by atoms with van der Waals surface area (Å²) in [7, 11) is 0. The molecule has 3 aromatic rings. The molecule has 5 heteroatoms. The molecule has 4 nitrogen and oxygen atoms in total. The van der Waals surface area contributed by atoms with Crippen LogP contribution in [0.15, 0.2) is 34.7 Å². The minimum atomic E-state index is -0.614. The number of para-hydroxylation sites is 1. The summed E-state index contributed by atoms with van der Waals surface area (Å²) >= 11 is 1.55. The number of rotatable bonds is 4. The third kappa shape index (κ3) is 2.92. The number of ketones is 1. The number of Topliss-reactive ketones (excluding diaryl/α,β-unsaturated/α-hetero) is 1. The van der Waals surface area contributed by atoms with Crippen LogP contribution in [0.4, 0.5) is 0 Å². The molecule has 0 radical (unpaired) electrons. The van der Waals surface area contributed by atoms with Crippen LogP contribution in [0, 0.1) is 20.8 Å². The van der Waals surface area contributed by atoms with E-state index in [9.17, 15) is 9.59 Å². The Morgan fingerprint density at radius 3 is 2.57 bits per heavy atom. The van der Waals surface area contributed by atoms with Crippen molar-refractivity contribution in [1.82, 2.24) is 0 Å². The fraction of sp³-hybridized carbons (Fsp3) is 0.222. The summed E-state index contributed by atoms with van der Waals surface area (Å²) in [5.74, 6) is -0.664. The van der Waals surface area contributed by atoms with Gasteiger partial charge in [-0.25, -0.2) is 4.79 Å². The van der Waals surface area contributed by atoms with Crippen molar-refractivity contribution in [1.29, 1.82) is 0 Å². The maximum Gasteiger partial charge on any atom is 0.375 e. The SMILES string of the molecule is Cc1cc(C(=O)COC(=O)c2oc3ccccc3c2C)c(C)s1. The van der Waals surface area contributed by atoms with E-state index in [4.69, 9.17) is 9.15 Å². The van der Waals surface area contributed by atoms with Gasteiger partial charge in [-0.1, -0.05) is 18.2 Å². The maximum absolute atomic E-state index is 12.2. The molecule has 118 valence electrons. The van der Waals surface area contributed by atoms with Crippen LogP contribution in [0.2, 0.25) is 0 Å². The van der Waals surface area contributed by atoms with Crippen LogP contribution in [0.1, 0.15) is 36.2 Å². The number of carbonyl (C=O) groups excluding carboxylic acids is 2. The van der Waals surface area contributed by atoms with Gasteiger partial charge in [-0.3, -0.25) is 4.79 Å². The van der Waals surface area contributed by atoms with E-state index in [1.165, 1.54) is 0 Å². The molecule has 0 saturated heterocycles. The van der Waals surface area contributed by atoms with E-state index in [1.54, 1.807) is 24.3 Å². The van der Waals surface area contributed by atoms with E-state index in [0.717, 1.165) is 20.7 Å². The highest BCUT2D eigenvalue weighted by molar-refractivity contribution is 7.12. The van der Waals surface area contributed by atoms with E-state index in [1.807, 2.05) is 38.1 Å². The smallest absolute Gasteiger partial charge is 0.375 e. The molecule has 0 aliphatic rings. The van der Waals surface area contributed by atoms with Crippen LogP contribution in [0.3, 0.4) is 0 Å². The van der Waals surface area contributed by atoms with E-state index in [-0.39, 0.29) is 18.2 Å². The van der Waals surface area contributed by atoms with E-state index in [0.29, 0.717) is 11.1 Å². The number of thiophene rings is 1. The Balaban J connectivity index is 1.75. The lowest BCUT2D eigenvalue weighted by atomic mass is 10.1. The minimum Gasteiger partial charge on any atom is -0.451 e. The van der Waals surface area contributed by atoms with E-state index < -0.39 is 5.97 Å². The lowest BCUT2D eigenvalue weighted by molar-refractivity contribution is 0.0445. The quantitative estimate of drug-likeness (QED) is 0.524. The first-order chi connectivity index (χ1) is 11.0. The average molecular weight is 328 g/mol. The highest BCUT2D eigenvalue weighted by atomic mass is 32.1. The Labute approximate surface area is 137 Å². The Morgan fingerprint density at radius 1 is 1.17 bits per heavy atom. The number of fused-ring (bicyclic) bond motifs is 1. The number of furan rings is 1. The predicted octanol–water partition coefficient (Wildman–Crippen LogP) is 4.46. The van der Waals surface area contributed by atoms with Gasteiger partial charge >= 0.3 is 5.97 Å². The minimum absolute atomic E-state index is 0.150. The van der Waals surface area contributed by atoms with Gasteiger partial charge in [0.15, 0.2) is 6.61 Å². The lowest BCUT2D eigenvalue weighted by Gasteiger charge is -2.03. The number of esters is 1. The number of hydrogen-bond donors (Lipinski definition) is 0. The Morgan fingerprint density at radius 2 is 1.91 bits per heavy atom. The number of carbonyl (C=O) groups is 2. The first-order valence-corrected chi connectivity index (χ1v) is 8.04. The summed E-state index contributed by atoms with van der Waals surface area (Å²) in [5, 5.41) is 0.870. The molecule has 2 aromatic heterocycles. The molecule has 0 spiro atoms. The first-order valence-electron chi connectivity index (χ1n) is 7.23. The zero-order chi connectivity index (χ0) is 16.6. The predicted molar refractivity (Wildman–Crippen MR) is 89.4 cm³/mol. The van der Waals surface area contributed by atoms with Gasteiger partial charge in [0.1, 0.15) is 5.58 Å². The normalized spacial score (nSPS) is 10.9. The molecule has 23 heavy (non-hydrogen) atoms. The van der Waals surface area contributed by atoms with Crippen molar-refractivity contribution in [2.24, 2.45) is 0 Å². The molecule has 0 unspecified atom stereocenters. The van der Waals surface area contributed by atoms with Crippen LogP contribution < -0.4 is 0 Å². The largest absolute Gasteiger partial charge is 0.451 e. The third-order valence-corrected chi connectivity index (χ3v) is 4.67. The number of aryl methyl sites for hydroxylation is 3. The van der Waals surface area contributed by atoms with Crippen molar-refractivity contribution >= 4 is 34.1 Å². The average Bonchev–Trinajstić information content (AvgIpc) is 3.05. The summed E-state index contributed by atoms with van der Waals surface area (Å²) in [6.45, 7) is 5.34. The molecule has 0 saturated carbocycles. The molecule has 1 aromatic carbocycles. The van der Waals surface area contributed by atoms with Gasteiger partial charge in [-0.2, -0.15) is 0 Å². The molecular formula is C18H16O4S. The van der Waals surface area contributed by atoms with Gasteiger partial charge < -0.3 is 9.15 Å². The first kappa shape index (κ1) is 15.5. The van der Waals surface area contributed by atoms with E-state index >= 15 is 0 Å². The van der Waals surface area contributed by atoms with Crippen molar-refractivity contribution in [3.05, 3.63) is 57.0 Å². The summed E-state index contributed by atoms with van der Waals surface area (Å²) in [5.41, 5.74) is 1.97. The van der Waals surface area contributed by atoms with Crippen LogP contribution >= 0.6 is 11.3 Å². The van der Waals surface area contributed by atoms with Crippen LogP contribution in [-0.4, -0.2) is 18.4 Å². The van der Waals surface area contributed by atoms with Gasteiger partial charge in [0.25, 0.3) is 0 Å². The molecular weight excluding hydrogens is 312 g/mol. The summed E-state index contributed by atoms with van der Waals surface area (Å²) < 4.78 is 10.7. The van der Waals surface area contributed by atoms with Crippen LogP contribution in [0.25, 0.3) is 11.0 Å². The zero-order valence-corrected chi connectivity index (χ0v) is 14.0. The van der Waals surface area contributed by atoms with E-state index in [2.05, 4.69) is 0 Å². The second-order valence-corrected chi connectivity index (χ2v) is 6.84. The molecule has 0 N–H and O–H groups in total. The second-order valence-electron chi connectivity index (χ2n) is 5.38. The zero-order valence-electron chi connectivity index (χ0n) is 13.1. The highest BCUT2D eigenvalue weighted by Crippen LogP contribution is 2.26. The molecule has 0 amide bonds. The van der Waals surface area contributed by atoms with Gasteiger partial charge in [0, 0.05) is 26.3 Å². The fourth-order valence-electron chi connectivity index (χ4n) is 2.55. The summed E-state index contributed by atoms with van der Waals surface area (Å²) in [6.07, 6.45) is 0. The molecule has 0 aliphatic carbocycles. The van der Waals surface area contributed by atoms with Crippen LogP contribution in [-0.2, 0) is 4.74 Å². The van der Waals surface area contributed by atoms with Crippen molar-refractivity contribution in [2.75, 3.05) is 6.61 Å². The molecule has 0 fully saturated rings. The molecule has 0 bridgehead atoms. The van der Waals surface area contributed by atoms with Gasteiger partial charge in [-0.15, -0.1) is 11.3 Å². The number of ether oxygens (including phenoxy) is 1. The van der Waals surface area contributed by atoms with Gasteiger partial charge in [0.05, 0.1) is 0 Å². The number of hydrogen-bond acceptors (Lipinski definition) is 5. The van der Waals surface area contributed by atoms with Gasteiger partial charge in [0.2, 0.25) is 11.5 Å². The monoisotopic (exact) mass is 328 g/mol. The molecule has 0 atom stereocenters. The Hall–Kier alpha value is -2.40. The topological polar surface area (TPSA) is 56.5 Å². The fourth-order valence-corrected chi connectivity index (χ4v) is 3.49. The standard InChI is InChI=1S/C18H16O4S/c1-10-8-14(12(3)23-10)15(19)9-21-18(20)17-11(2)13-6-4-5-7-16(13)22-17/h4-8H,9H2,1-3H3. The lowest BCUT2D eigenvalue weighted by Crippen LogP contribution is -2.14. The third-order valence-electron chi connectivity index (χ3n) is 3.70. The Bertz CT molecular complexity index is 901.